The van der Waals surface area contributed by atoms with Crippen molar-refractivity contribution in [2.75, 3.05) is 13.2 Å². The Morgan fingerprint density at radius 1 is 1.16 bits per heavy atom. The fourth-order valence-electron chi connectivity index (χ4n) is 4.26. The van der Waals surface area contributed by atoms with Crippen LogP contribution in [-0.4, -0.2) is 61.7 Å². The zero-order valence-corrected chi connectivity index (χ0v) is 21.6. The molecule has 2 aromatic carbocycles. The van der Waals surface area contributed by atoms with Crippen LogP contribution in [0.3, 0.4) is 0 Å². The van der Waals surface area contributed by atoms with Gasteiger partial charge in [-0.15, -0.1) is 10.2 Å². The van der Waals surface area contributed by atoms with Crippen molar-refractivity contribution in [3.8, 4) is 11.4 Å². The summed E-state index contributed by atoms with van der Waals surface area (Å²) in [5, 5.41) is 15.4. The maximum absolute atomic E-state index is 13.8. The molecule has 37 heavy (non-hydrogen) atoms. The summed E-state index contributed by atoms with van der Waals surface area (Å²) in [5.74, 6) is -0.708. The number of benzene rings is 2. The van der Waals surface area contributed by atoms with Gasteiger partial charge in [-0.2, -0.15) is 4.80 Å². The molecule has 1 aliphatic rings. The van der Waals surface area contributed by atoms with Crippen molar-refractivity contribution in [2.45, 2.75) is 64.8 Å². The second-order valence-corrected chi connectivity index (χ2v) is 10.4. The molecule has 196 valence electrons. The van der Waals surface area contributed by atoms with E-state index in [2.05, 4.69) is 20.7 Å². The molecular formula is C27H33FN6O3. The number of halogens is 1. The molecular weight excluding hydrogens is 475 g/mol. The Balaban J connectivity index is 1.64. The van der Waals surface area contributed by atoms with E-state index in [-0.39, 0.29) is 42.6 Å². The van der Waals surface area contributed by atoms with Crippen LogP contribution in [0.2, 0.25) is 0 Å². The second-order valence-electron chi connectivity index (χ2n) is 10.4. The number of ether oxygens (including phenoxy) is 1. The molecule has 4 rings (SSSR count). The number of nitrogens with zero attached hydrogens (tertiary/aromatic N) is 5. The van der Waals surface area contributed by atoms with E-state index in [1.807, 2.05) is 52.0 Å². The van der Waals surface area contributed by atoms with E-state index in [9.17, 15) is 14.0 Å². The molecule has 1 N–H and O–H groups in total. The van der Waals surface area contributed by atoms with E-state index in [0.29, 0.717) is 17.7 Å². The van der Waals surface area contributed by atoms with Gasteiger partial charge in [-0.25, -0.2) is 4.39 Å². The highest BCUT2D eigenvalue weighted by molar-refractivity contribution is 5.89. The Kier molecular flexibility index (Phi) is 7.97. The lowest BCUT2D eigenvalue weighted by Crippen LogP contribution is -2.51. The third kappa shape index (κ3) is 6.97. The van der Waals surface area contributed by atoms with Gasteiger partial charge >= 0.3 is 0 Å². The van der Waals surface area contributed by atoms with Crippen molar-refractivity contribution < 1.29 is 18.7 Å². The zero-order chi connectivity index (χ0) is 26.6. The van der Waals surface area contributed by atoms with Gasteiger partial charge in [0, 0.05) is 24.3 Å². The highest BCUT2D eigenvalue weighted by Crippen LogP contribution is 2.26. The fourth-order valence-corrected chi connectivity index (χ4v) is 4.26. The lowest BCUT2D eigenvalue weighted by atomic mass is 10.00. The van der Waals surface area contributed by atoms with Gasteiger partial charge in [-0.3, -0.25) is 9.59 Å². The van der Waals surface area contributed by atoms with Gasteiger partial charge < -0.3 is 15.0 Å². The van der Waals surface area contributed by atoms with Crippen molar-refractivity contribution >= 4 is 11.8 Å². The molecule has 0 radical (unpaired) electrons. The summed E-state index contributed by atoms with van der Waals surface area (Å²) in [7, 11) is 0. The Bertz CT molecular complexity index is 1210. The number of hydrogen-bond acceptors (Lipinski definition) is 6. The number of amides is 2. The topological polar surface area (TPSA) is 102 Å². The van der Waals surface area contributed by atoms with Crippen LogP contribution < -0.4 is 5.32 Å². The van der Waals surface area contributed by atoms with Crippen molar-refractivity contribution in [1.82, 2.24) is 30.4 Å². The molecule has 0 unspecified atom stereocenters. The summed E-state index contributed by atoms with van der Waals surface area (Å²) in [6.45, 7) is 8.35. The first-order valence-electron chi connectivity index (χ1n) is 12.4. The summed E-state index contributed by atoms with van der Waals surface area (Å²) in [4.78, 5) is 30.1. The van der Waals surface area contributed by atoms with Gasteiger partial charge in [-0.05, 0) is 75.6 Å². The van der Waals surface area contributed by atoms with E-state index in [1.54, 1.807) is 17.0 Å². The molecule has 2 atom stereocenters. The molecule has 0 saturated carbocycles. The summed E-state index contributed by atoms with van der Waals surface area (Å²) < 4.78 is 19.1. The molecule has 0 aliphatic carbocycles. The third-order valence-corrected chi connectivity index (χ3v) is 6.03. The number of carbonyl (C=O) groups is 2. The van der Waals surface area contributed by atoms with E-state index < -0.39 is 11.6 Å². The number of hydrogen-bond donors (Lipinski definition) is 1. The van der Waals surface area contributed by atoms with E-state index in [1.165, 1.54) is 16.9 Å². The Morgan fingerprint density at radius 3 is 2.49 bits per heavy atom. The molecule has 1 saturated heterocycles. The molecule has 1 aromatic heterocycles. The Labute approximate surface area is 216 Å². The lowest BCUT2D eigenvalue weighted by Gasteiger charge is -2.35. The van der Waals surface area contributed by atoms with Crippen LogP contribution in [0.5, 0.6) is 0 Å². The molecule has 1 aliphatic heterocycles. The summed E-state index contributed by atoms with van der Waals surface area (Å²) >= 11 is 0. The predicted molar refractivity (Wildman–Crippen MR) is 136 cm³/mol. The number of carbonyl (C=O) groups excluding carboxylic acids is 2. The quantitative estimate of drug-likeness (QED) is 0.500. The Hall–Kier alpha value is -3.66. The zero-order valence-electron chi connectivity index (χ0n) is 21.6. The SMILES string of the molecule is Cc1ccc([C@H](C(=O)NC(C)(C)C)N(C[C@H]2CCCO2)C(=O)Cn2nnc(-c3ccc(F)cc3)n2)cc1. The highest BCUT2D eigenvalue weighted by atomic mass is 19.1. The van der Waals surface area contributed by atoms with Gasteiger partial charge in [0.1, 0.15) is 18.4 Å². The van der Waals surface area contributed by atoms with Crippen molar-refractivity contribution in [3.63, 3.8) is 0 Å². The maximum Gasteiger partial charge on any atom is 0.247 e. The first-order chi connectivity index (χ1) is 17.6. The van der Waals surface area contributed by atoms with E-state index in [0.717, 1.165) is 18.4 Å². The third-order valence-electron chi connectivity index (χ3n) is 6.03. The number of tetrazole rings is 1. The van der Waals surface area contributed by atoms with Gasteiger partial charge in [0.25, 0.3) is 0 Å². The summed E-state index contributed by atoms with van der Waals surface area (Å²) in [6, 6.07) is 12.5. The number of nitrogens with one attached hydrogen (secondary N) is 1. The largest absolute Gasteiger partial charge is 0.376 e. The number of rotatable bonds is 8. The smallest absolute Gasteiger partial charge is 0.247 e. The van der Waals surface area contributed by atoms with Crippen LogP contribution in [0.1, 0.15) is 50.8 Å². The minimum atomic E-state index is -0.864. The molecule has 0 bridgehead atoms. The average Bonchev–Trinajstić information content (AvgIpc) is 3.51. The molecule has 1 fully saturated rings. The number of aromatic nitrogens is 4. The summed E-state index contributed by atoms with van der Waals surface area (Å²) in [6.07, 6.45) is 1.54. The lowest BCUT2D eigenvalue weighted by molar-refractivity contribution is -0.144. The molecule has 0 spiro atoms. The van der Waals surface area contributed by atoms with Crippen LogP contribution in [0.25, 0.3) is 11.4 Å². The normalized spacial score (nSPS) is 16.4. The maximum atomic E-state index is 13.8. The van der Waals surface area contributed by atoms with Crippen LogP contribution in [0.4, 0.5) is 4.39 Å². The Morgan fingerprint density at radius 2 is 1.86 bits per heavy atom. The van der Waals surface area contributed by atoms with Crippen molar-refractivity contribution in [1.29, 1.82) is 0 Å². The molecule has 3 aromatic rings. The van der Waals surface area contributed by atoms with Gasteiger partial charge in [0.15, 0.2) is 0 Å². The van der Waals surface area contributed by atoms with Gasteiger partial charge in [-0.1, -0.05) is 29.8 Å². The highest BCUT2D eigenvalue weighted by Gasteiger charge is 2.35. The second kappa shape index (κ2) is 11.2. The molecule has 2 heterocycles. The molecule has 9 nitrogen and oxygen atoms in total. The monoisotopic (exact) mass is 508 g/mol. The fraction of sp³-hybridized carbons (Fsp3) is 0.444. The minimum Gasteiger partial charge on any atom is -0.376 e. The first-order valence-corrected chi connectivity index (χ1v) is 12.4. The van der Waals surface area contributed by atoms with Crippen LogP contribution in [0, 0.1) is 12.7 Å². The average molecular weight is 509 g/mol. The molecule has 10 heteroatoms. The standard InChI is InChI=1S/C27H33FN6O3/c1-18-7-9-19(10-8-18)24(26(36)29-27(2,3)4)33(16-22-6-5-15-37-22)23(35)17-34-31-25(30-32-34)20-11-13-21(28)14-12-20/h7-14,22,24H,5-6,15-17H2,1-4H3,(H,29,36)/t22-,24-/m1/s1. The predicted octanol–water partition coefficient (Wildman–Crippen LogP) is 3.45. The van der Waals surface area contributed by atoms with E-state index in [4.69, 9.17) is 4.74 Å². The van der Waals surface area contributed by atoms with Crippen molar-refractivity contribution in [2.24, 2.45) is 0 Å². The molecule has 2 amide bonds. The van der Waals surface area contributed by atoms with Crippen LogP contribution in [0.15, 0.2) is 48.5 Å². The van der Waals surface area contributed by atoms with Crippen LogP contribution in [-0.2, 0) is 20.9 Å². The van der Waals surface area contributed by atoms with Gasteiger partial charge in [0.05, 0.1) is 6.10 Å². The van der Waals surface area contributed by atoms with Gasteiger partial charge in [0.2, 0.25) is 17.6 Å². The van der Waals surface area contributed by atoms with E-state index >= 15 is 0 Å². The number of aryl methyl sites for hydroxylation is 1. The summed E-state index contributed by atoms with van der Waals surface area (Å²) in [5.41, 5.74) is 1.85. The first kappa shape index (κ1) is 26.4. The van der Waals surface area contributed by atoms with Crippen LogP contribution >= 0.6 is 0 Å². The van der Waals surface area contributed by atoms with Crippen molar-refractivity contribution in [3.05, 3.63) is 65.5 Å². The minimum absolute atomic E-state index is 0.169.